The third-order valence-electron chi connectivity index (χ3n) is 4.88. The summed E-state index contributed by atoms with van der Waals surface area (Å²) in [5.74, 6) is 0.597. The van der Waals surface area contributed by atoms with Crippen LogP contribution in [0.4, 0.5) is 0 Å². The zero-order valence-corrected chi connectivity index (χ0v) is 17.3. The van der Waals surface area contributed by atoms with Gasteiger partial charge in [0.2, 0.25) is 11.8 Å². The topological polar surface area (TPSA) is 49.4 Å². The van der Waals surface area contributed by atoms with Crippen molar-refractivity contribution in [3.8, 4) is 0 Å². The Morgan fingerprint density at radius 1 is 1.04 bits per heavy atom. The molecule has 1 N–H and O–H groups in total. The minimum Gasteiger partial charge on any atom is -0.353 e. The number of nitrogens with one attached hydrogen (secondary N) is 1. The minimum absolute atomic E-state index is 0.0860. The van der Waals surface area contributed by atoms with Gasteiger partial charge in [-0.25, -0.2) is 0 Å². The lowest BCUT2D eigenvalue weighted by Gasteiger charge is -2.32. The zero-order valence-electron chi connectivity index (χ0n) is 15.8. The Morgan fingerprint density at radius 3 is 2.43 bits per heavy atom. The third-order valence-corrected chi connectivity index (χ3v) is 6.38. The summed E-state index contributed by atoms with van der Waals surface area (Å²) in [5, 5.41) is 3.79. The van der Waals surface area contributed by atoms with E-state index in [2.05, 4.69) is 5.32 Å². The Hall–Kier alpha value is -1.98. The molecule has 0 radical (unpaired) electrons. The summed E-state index contributed by atoms with van der Waals surface area (Å²) in [4.78, 5) is 27.4. The SMILES string of the molecule is O=C(CCc1ccccc1)NC1CCN(C(=O)CSc2ccccc2Cl)CC1. The van der Waals surface area contributed by atoms with Crippen molar-refractivity contribution in [1.82, 2.24) is 10.2 Å². The Labute approximate surface area is 175 Å². The summed E-state index contributed by atoms with van der Waals surface area (Å²) in [6, 6.07) is 17.8. The molecule has 2 amide bonds. The molecular formula is C22H25ClN2O2S. The van der Waals surface area contributed by atoms with Crippen LogP contribution in [-0.4, -0.2) is 41.6 Å². The van der Waals surface area contributed by atoms with Crippen LogP contribution in [0.15, 0.2) is 59.5 Å². The van der Waals surface area contributed by atoms with Crippen LogP contribution in [0.2, 0.25) is 5.02 Å². The smallest absolute Gasteiger partial charge is 0.232 e. The van der Waals surface area contributed by atoms with Crippen molar-refractivity contribution < 1.29 is 9.59 Å². The van der Waals surface area contributed by atoms with E-state index in [9.17, 15) is 9.59 Å². The number of thioether (sulfide) groups is 1. The Morgan fingerprint density at radius 2 is 1.71 bits per heavy atom. The summed E-state index contributed by atoms with van der Waals surface area (Å²) in [7, 11) is 0. The highest BCUT2D eigenvalue weighted by Crippen LogP contribution is 2.27. The number of carbonyl (C=O) groups is 2. The summed E-state index contributed by atoms with van der Waals surface area (Å²) in [5.41, 5.74) is 1.18. The molecule has 1 saturated heterocycles. The number of halogens is 1. The van der Waals surface area contributed by atoms with Crippen molar-refractivity contribution in [3.05, 3.63) is 65.2 Å². The molecule has 2 aromatic rings. The molecule has 3 rings (SSSR count). The molecule has 1 heterocycles. The molecule has 6 heteroatoms. The van der Waals surface area contributed by atoms with Gasteiger partial charge >= 0.3 is 0 Å². The lowest BCUT2D eigenvalue weighted by Crippen LogP contribution is -2.47. The van der Waals surface area contributed by atoms with Gasteiger partial charge in [0, 0.05) is 30.4 Å². The maximum absolute atomic E-state index is 12.4. The predicted molar refractivity (Wildman–Crippen MR) is 115 cm³/mol. The maximum atomic E-state index is 12.4. The second-order valence-electron chi connectivity index (χ2n) is 6.93. The largest absolute Gasteiger partial charge is 0.353 e. The van der Waals surface area contributed by atoms with Gasteiger partial charge in [-0.15, -0.1) is 11.8 Å². The molecule has 0 unspecified atom stereocenters. The fraction of sp³-hybridized carbons (Fsp3) is 0.364. The number of carbonyl (C=O) groups excluding carboxylic acids is 2. The van der Waals surface area contributed by atoms with Crippen molar-refractivity contribution in [2.45, 2.75) is 36.6 Å². The van der Waals surface area contributed by atoms with Crippen molar-refractivity contribution in [2.24, 2.45) is 0 Å². The second-order valence-corrected chi connectivity index (χ2v) is 8.35. The zero-order chi connectivity index (χ0) is 19.8. The fourth-order valence-electron chi connectivity index (χ4n) is 3.27. The first-order valence-electron chi connectivity index (χ1n) is 9.60. The number of aryl methyl sites for hydroxylation is 1. The Balaban J connectivity index is 1.36. The van der Waals surface area contributed by atoms with Crippen molar-refractivity contribution >= 4 is 35.2 Å². The quantitative estimate of drug-likeness (QED) is 0.689. The first-order chi connectivity index (χ1) is 13.6. The van der Waals surface area contributed by atoms with Crippen molar-refractivity contribution in [2.75, 3.05) is 18.8 Å². The van der Waals surface area contributed by atoms with Crippen LogP contribution in [0, 0.1) is 0 Å². The van der Waals surface area contributed by atoms with Gasteiger partial charge in [-0.3, -0.25) is 9.59 Å². The summed E-state index contributed by atoms with van der Waals surface area (Å²) < 4.78 is 0. The molecule has 0 saturated carbocycles. The highest BCUT2D eigenvalue weighted by molar-refractivity contribution is 8.00. The fourth-order valence-corrected chi connectivity index (χ4v) is 4.41. The van der Waals surface area contributed by atoms with Crippen LogP contribution in [0.25, 0.3) is 0 Å². The van der Waals surface area contributed by atoms with Crippen LogP contribution < -0.4 is 5.32 Å². The monoisotopic (exact) mass is 416 g/mol. The Kier molecular flexibility index (Phi) is 7.80. The van der Waals surface area contributed by atoms with Crippen LogP contribution in [-0.2, 0) is 16.0 Å². The summed E-state index contributed by atoms with van der Waals surface area (Å²) in [6.45, 7) is 1.37. The van der Waals surface area contributed by atoms with E-state index in [0.717, 1.165) is 24.2 Å². The van der Waals surface area contributed by atoms with Gasteiger partial charge in [0.05, 0.1) is 10.8 Å². The normalized spacial score (nSPS) is 14.7. The number of nitrogens with zero attached hydrogens (tertiary/aromatic N) is 1. The van der Waals surface area contributed by atoms with Crippen molar-refractivity contribution in [1.29, 1.82) is 0 Å². The van der Waals surface area contributed by atoms with Gasteiger partial charge in [0.25, 0.3) is 0 Å². The molecule has 148 valence electrons. The minimum atomic E-state index is 0.0860. The van der Waals surface area contributed by atoms with Gasteiger partial charge in [0.15, 0.2) is 0 Å². The van der Waals surface area contributed by atoms with Crippen LogP contribution in [0.1, 0.15) is 24.8 Å². The summed E-state index contributed by atoms with van der Waals surface area (Å²) >= 11 is 7.61. The third kappa shape index (κ3) is 6.28. The van der Waals surface area contributed by atoms with Crippen molar-refractivity contribution in [3.63, 3.8) is 0 Å². The van der Waals surface area contributed by atoms with Crippen LogP contribution >= 0.6 is 23.4 Å². The molecule has 1 aliphatic rings. The molecule has 1 aliphatic heterocycles. The lowest BCUT2D eigenvalue weighted by atomic mass is 10.0. The number of hydrogen-bond acceptors (Lipinski definition) is 3. The van der Waals surface area contributed by atoms with E-state index in [0.29, 0.717) is 30.3 Å². The maximum Gasteiger partial charge on any atom is 0.232 e. The molecule has 2 aromatic carbocycles. The standard InChI is InChI=1S/C22H25ClN2O2S/c23-19-8-4-5-9-20(19)28-16-22(27)25-14-12-18(13-15-25)24-21(26)11-10-17-6-2-1-3-7-17/h1-9,18H,10-16H2,(H,24,26). The van der Waals surface area contributed by atoms with E-state index in [-0.39, 0.29) is 17.9 Å². The Bertz CT molecular complexity index is 792. The number of hydrogen-bond donors (Lipinski definition) is 1. The van der Waals surface area contributed by atoms with Crippen LogP contribution in [0.3, 0.4) is 0 Å². The molecular weight excluding hydrogens is 392 g/mol. The second kappa shape index (κ2) is 10.5. The number of likely N-dealkylation sites (tertiary alicyclic amines) is 1. The molecule has 0 aliphatic carbocycles. The van der Waals surface area contributed by atoms with Gasteiger partial charge in [-0.05, 0) is 37.0 Å². The van der Waals surface area contributed by atoms with E-state index < -0.39 is 0 Å². The number of rotatable bonds is 7. The molecule has 28 heavy (non-hydrogen) atoms. The average Bonchev–Trinajstić information content (AvgIpc) is 2.73. The first kappa shape index (κ1) is 20.7. The van der Waals surface area contributed by atoms with E-state index >= 15 is 0 Å². The van der Waals surface area contributed by atoms with Gasteiger partial charge in [-0.2, -0.15) is 0 Å². The average molecular weight is 417 g/mol. The first-order valence-corrected chi connectivity index (χ1v) is 11.0. The number of benzene rings is 2. The molecule has 1 fully saturated rings. The highest BCUT2D eigenvalue weighted by atomic mass is 35.5. The van der Waals surface area contributed by atoms with E-state index in [4.69, 9.17) is 11.6 Å². The van der Waals surface area contributed by atoms with Gasteiger partial charge < -0.3 is 10.2 Å². The molecule has 0 atom stereocenters. The molecule has 0 aromatic heterocycles. The van der Waals surface area contributed by atoms with E-state index in [1.54, 1.807) is 0 Å². The number of amides is 2. The molecule has 0 spiro atoms. The molecule has 4 nitrogen and oxygen atoms in total. The molecule has 0 bridgehead atoms. The van der Waals surface area contributed by atoms with E-state index in [1.165, 1.54) is 17.3 Å². The van der Waals surface area contributed by atoms with Gasteiger partial charge in [-0.1, -0.05) is 54.1 Å². The summed E-state index contributed by atoms with van der Waals surface area (Å²) in [6.07, 6.45) is 2.86. The number of piperidine rings is 1. The highest BCUT2D eigenvalue weighted by Gasteiger charge is 2.23. The lowest BCUT2D eigenvalue weighted by molar-refractivity contribution is -0.129. The van der Waals surface area contributed by atoms with Gasteiger partial charge in [0.1, 0.15) is 0 Å². The van der Waals surface area contributed by atoms with Crippen LogP contribution in [0.5, 0.6) is 0 Å². The predicted octanol–water partition coefficient (Wildman–Crippen LogP) is 4.17. The van der Waals surface area contributed by atoms with E-state index in [1.807, 2.05) is 59.5 Å².